The number of nitrogens with one attached hydrogen (secondary N) is 1. The Labute approximate surface area is 128 Å². The smallest absolute Gasteiger partial charge is 0.303 e. The van der Waals surface area contributed by atoms with E-state index in [1.54, 1.807) is 0 Å². The van der Waals surface area contributed by atoms with Gasteiger partial charge in [0.2, 0.25) is 0 Å². The highest BCUT2D eigenvalue weighted by Gasteiger charge is 2.27. The lowest BCUT2D eigenvalue weighted by atomic mass is 9.93. The molecule has 0 radical (unpaired) electrons. The SMILES string of the molecule is Cc1[nH]c2ccccc2c1C(=O)N1CCC(CC(=O)O)CC1. The van der Waals surface area contributed by atoms with Gasteiger partial charge in [0.15, 0.2) is 0 Å². The van der Waals surface area contributed by atoms with Crippen LogP contribution in [0.15, 0.2) is 24.3 Å². The van der Waals surface area contributed by atoms with Crippen molar-refractivity contribution in [2.24, 2.45) is 5.92 Å². The van der Waals surface area contributed by atoms with Gasteiger partial charge in [0.05, 0.1) is 5.56 Å². The van der Waals surface area contributed by atoms with Crippen LogP contribution in [0.4, 0.5) is 0 Å². The van der Waals surface area contributed by atoms with Gasteiger partial charge in [-0.15, -0.1) is 0 Å². The van der Waals surface area contributed by atoms with Crippen LogP contribution in [0.1, 0.15) is 35.3 Å². The van der Waals surface area contributed by atoms with Crippen molar-refractivity contribution >= 4 is 22.8 Å². The predicted octanol–water partition coefficient (Wildman–Crippen LogP) is 2.80. The molecule has 0 saturated carbocycles. The summed E-state index contributed by atoms with van der Waals surface area (Å²) in [6.07, 6.45) is 1.73. The number of hydrogen-bond acceptors (Lipinski definition) is 2. The van der Waals surface area contributed by atoms with Gasteiger partial charge in [-0.25, -0.2) is 0 Å². The molecule has 1 saturated heterocycles. The fraction of sp³-hybridized carbons (Fsp3) is 0.412. The number of amides is 1. The van der Waals surface area contributed by atoms with Crippen molar-refractivity contribution in [2.75, 3.05) is 13.1 Å². The number of para-hydroxylation sites is 1. The monoisotopic (exact) mass is 300 g/mol. The van der Waals surface area contributed by atoms with Crippen molar-refractivity contribution in [1.82, 2.24) is 9.88 Å². The van der Waals surface area contributed by atoms with E-state index in [9.17, 15) is 9.59 Å². The van der Waals surface area contributed by atoms with Crippen LogP contribution in [0.25, 0.3) is 10.9 Å². The van der Waals surface area contributed by atoms with Crippen LogP contribution < -0.4 is 0 Å². The number of carbonyl (C=O) groups is 2. The number of hydrogen-bond donors (Lipinski definition) is 2. The number of aromatic nitrogens is 1. The molecule has 22 heavy (non-hydrogen) atoms. The molecule has 0 bridgehead atoms. The van der Waals surface area contributed by atoms with Crippen molar-refractivity contribution in [3.8, 4) is 0 Å². The van der Waals surface area contributed by atoms with Crippen LogP contribution >= 0.6 is 0 Å². The zero-order chi connectivity index (χ0) is 15.7. The van der Waals surface area contributed by atoms with Crippen molar-refractivity contribution in [1.29, 1.82) is 0 Å². The Hall–Kier alpha value is -2.30. The molecule has 116 valence electrons. The van der Waals surface area contributed by atoms with Crippen LogP contribution in [-0.4, -0.2) is 40.0 Å². The molecule has 1 fully saturated rings. The van der Waals surface area contributed by atoms with Crippen LogP contribution in [-0.2, 0) is 4.79 Å². The molecule has 1 amide bonds. The largest absolute Gasteiger partial charge is 0.481 e. The first-order chi connectivity index (χ1) is 10.6. The second-order valence-corrected chi connectivity index (χ2v) is 6.00. The molecule has 5 heteroatoms. The highest BCUT2D eigenvalue weighted by atomic mass is 16.4. The zero-order valence-electron chi connectivity index (χ0n) is 12.6. The fourth-order valence-corrected chi connectivity index (χ4v) is 3.30. The summed E-state index contributed by atoms with van der Waals surface area (Å²) in [6, 6.07) is 7.82. The summed E-state index contributed by atoms with van der Waals surface area (Å²) >= 11 is 0. The van der Waals surface area contributed by atoms with Crippen LogP contribution in [0, 0.1) is 12.8 Å². The summed E-state index contributed by atoms with van der Waals surface area (Å²) < 4.78 is 0. The van der Waals surface area contributed by atoms with Crippen LogP contribution in [0.5, 0.6) is 0 Å². The van der Waals surface area contributed by atoms with Gasteiger partial charge < -0.3 is 15.0 Å². The van der Waals surface area contributed by atoms with Crippen LogP contribution in [0.3, 0.4) is 0 Å². The maximum absolute atomic E-state index is 12.8. The van der Waals surface area contributed by atoms with Gasteiger partial charge in [0, 0.05) is 36.1 Å². The van der Waals surface area contributed by atoms with E-state index >= 15 is 0 Å². The molecule has 5 nitrogen and oxygen atoms in total. The Morgan fingerprint density at radius 3 is 2.64 bits per heavy atom. The lowest BCUT2D eigenvalue weighted by Gasteiger charge is -2.31. The maximum atomic E-state index is 12.8. The van der Waals surface area contributed by atoms with Crippen molar-refractivity contribution in [3.05, 3.63) is 35.5 Å². The molecule has 0 unspecified atom stereocenters. The second kappa shape index (κ2) is 5.83. The maximum Gasteiger partial charge on any atom is 0.303 e. The highest BCUT2D eigenvalue weighted by molar-refractivity contribution is 6.08. The number of aryl methyl sites for hydroxylation is 1. The third-order valence-electron chi connectivity index (χ3n) is 4.47. The second-order valence-electron chi connectivity index (χ2n) is 6.00. The van der Waals surface area contributed by atoms with E-state index < -0.39 is 5.97 Å². The highest BCUT2D eigenvalue weighted by Crippen LogP contribution is 2.26. The van der Waals surface area contributed by atoms with Crippen molar-refractivity contribution < 1.29 is 14.7 Å². The quantitative estimate of drug-likeness (QED) is 0.915. The molecule has 0 spiro atoms. The van der Waals surface area contributed by atoms with Gasteiger partial charge in [-0.3, -0.25) is 9.59 Å². The number of aliphatic carboxylic acids is 1. The minimum absolute atomic E-state index is 0.0451. The van der Waals surface area contributed by atoms with Crippen molar-refractivity contribution in [3.63, 3.8) is 0 Å². The lowest BCUT2D eigenvalue weighted by molar-refractivity contribution is -0.138. The van der Waals surface area contributed by atoms with Crippen LogP contribution in [0.2, 0.25) is 0 Å². The molecule has 0 aliphatic carbocycles. The zero-order valence-corrected chi connectivity index (χ0v) is 12.6. The molecule has 1 aliphatic rings. The van der Waals surface area contributed by atoms with E-state index in [1.807, 2.05) is 36.1 Å². The number of carbonyl (C=O) groups excluding carboxylic acids is 1. The summed E-state index contributed by atoms with van der Waals surface area (Å²) in [7, 11) is 0. The fourth-order valence-electron chi connectivity index (χ4n) is 3.30. The Morgan fingerprint density at radius 2 is 1.95 bits per heavy atom. The van der Waals surface area contributed by atoms with E-state index in [4.69, 9.17) is 5.11 Å². The predicted molar refractivity (Wildman–Crippen MR) is 83.9 cm³/mol. The Kier molecular flexibility index (Phi) is 3.88. The molecule has 2 N–H and O–H groups in total. The molecular weight excluding hydrogens is 280 g/mol. The Morgan fingerprint density at radius 1 is 1.27 bits per heavy atom. The minimum Gasteiger partial charge on any atom is -0.481 e. The standard InChI is InChI=1S/C17H20N2O3/c1-11-16(13-4-2-3-5-14(13)18-11)17(22)19-8-6-12(7-9-19)10-15(20)21/h2-5,12,18H,6-10H2,1H3,(H,20,21). The normalized spacial score (nSPS) is 16.1. The summed E-state index contributed by atoms with van der Waals surface area (Å²) in [5.41, 5.74) is 2.61. The number of aromatic amines is 1. The number of H-pyrrole nitrogens is 1. The molecule has 2 aromatic rings. The van der Waals surface area contributed by atoms with Crippen molar-refractivity contribution in [2.45, 2.75) is 26.2 Å². The molecule has 1 aliphatic heterocycles. The van der Waals surface area contributed by atoms with Gasteiger partial charge in [-0.2, -0.15) is 0 Å². The summed E-state index contributed by atoms with van der Waals surface area (Å²) in [4.78, 5) is 28.7. The van der Waals surface area contributed by atoms with E-state index in [2.05, 4.69) is 4.98 Å². The van der Waals surface area contributed by atoms with Gasteiger partial charge in [0.25, 0.3) is 5.91 Å². The Bertz CT molecular complexity index is 712. The number of nitrogens with zero attached hydrogens (tertiary/aromatic N) is 1. The number of carboxylic acid groups (broad SMARTS) is 1. The number of piperidine rings is 1. The third kappa shape index (κ3) is 2.71. The minimum atomic E-state index is -0.753. The molecule has 1 aromatic heterocycles. The lowest BCUT2D eigenvalue weighted by Crippen LogP contribution is -2.39. The first-order valence-corrected chi connectivity index (χ1v) is 7.64. The molecule has 0 atom stereocenters. The van der Waals surface area contributed by atoms with Gasteiger partial charge >= 0.3 is 5.97 Å². The topological polar surface area (TPSA) is 73.4 Å². The van der Waals surface area contributed by atoms with E-state index in [0.29, 0.717) is 13.1 Å². The number of fused-ring (bicyclic) bond motifs is 1. The van der Waals surface area contributed by atoms with E-state index in [0.717, 1.165) is 35.0 Å². The number of benzene rings is 1. The summed E-state index contributed by atoms with van der Waals surface area (Å²) in [5.74, 6) is -0.522. The molecule has 1 aromatic carbocycles. The average Bonchev–Trinajstić information content (AvgIpc) is 2.82. The number of carboxylic acids is 1. The number of likely N-dealkylation sites (tertiary alicyclic amines) is 1. The third-order valence-corrected chi connectivity index (χ3v) is 4.47. The average molecular weight is 300 g/mol. The first kappa shape index (κ1) is 14.6. The first-order valence-electron chi connectivity index (χ1n) is 7.64. The molecule has 3 rings (SSSR count). The summed E-state index contributed by atoms with van der Waals surface area (Å²) in [6.45, 7) is 3.19. The molecule has 2 heterocycles. The Balaban J connectivity index is 1.77. The van der Waals surface area contributed by atoms with E-state index in [1.165, 1.54) is 0 Å². The van der Waals surface area contributed by atoms with Gasteiger partial charge in [0.1, 0.15) is 0 Å². The van der Waals surface area contributed by atoms with Gasteiger partial charge in [-0.05, 0) is 31.7 Å². The van der Waals surface area contributed by atoms with E-state index in [-0.39, 0.29) is 18.2 Å². The summed E-state index contributed by atoms with van der Waals surface area (Å²) in [5, 5.41) is 9.82. The van der Waals surface area contributed by atoms with Gasteiger partial charge in [-0.1, -0.05) is 18.2 Å². The number of rotatable bonds is 3. The molecular formula is C17H20N2O3.